The van der Waals surface area contributed by atoms with Gasteiger partial charge in [0, 0.05) is 31.5 Å². The Bertz CT molecular complexity index is 393. The number of aliphatic hydroxyl groups is 1. The summed E-state index contributed by atoms with van der Waals surface area (Å²) in [5.41, 5.74) is 1.69. The molecule has 0 bridgehead atoms. The molecule has 0 aliphatic rings. The molecule has 1 N–H and O–H groups in total. The van der Waals surface area contributed by atoms with Crippen LogP contribution < -0.4 is 4.90 Å². The maximum atomic E-state index is 10.8. The highest BCUT2D eigenvalue weighted by atomic mass is 16.6. The zero-order valence-electron chi connectivity index (χ0n) is 10.2. The summed E-state index contributed by atoms with van der Waals surface area (Å²) in [5.74, 6) is 0. The SMILES string of the molecule is CCN(CCCO)c1cccc([N+](=O)[O-])c1C. The Hall–Kier alpha value is -1.62. The van der Waals surface area contributed by atoms with Crippen LogP contribution in [0.5, 0.6) is 0 Å². The van der Waals surface area contributed by atoms with E-state index in [1.165, 1.54) is 6.07 Å². The van der Waals surface area contributed by atoms with Crippen LogP contribution in [0.25, 0.3) is 0 Å². The maximum absolute atomic E-state index is 10.8. The fourth-order valence-corrected chi connectivity index (χ4v) is 1.86. The van der Waals surface area contributed by atoms with Crippen molar-refractivity contribution in [1.82, 2.24) is 0 Å². The Labute approximate surface area is 101 Å². The first-order valence-corrected chi connectivity index (χ1v) is 5.71. The van der Waals surface area contributed by atoms with Gasteiger partial charge in [-0.2, -0.15) is 0 Å². The van der Waals surface area contributed by atoms with Crippen molar-refractivity contribution in [3.63, 3.8) is 0 Å². The summed E-state index contributed by atoms with van der Waals surface area (Å²) in [6.45, 7) is 5.35. The topological polar surface area (TPSA) is 66.6 Å². The molecule has 0 radical (unpaired) electrons. The van der Waals surface area contributed by atoms with E-state index in [9.17, 15) is 10.1 Å². The Morgan fingerprint density at radius 1 is 1.47 bits per heavy atom. The van der Waals surface area contributed by atoms with Gasteiger partial charge in [0.2, 0.25) is 0 Å². The average Bonchev–Trinajstić information content (AvgIpc) is 2.31. The molecule has 17 heavy (non-hydrogen) atoms. The zero-order valence-corrected chi connectivity index (χ0v) is 10.2. The van der Waals surface area contributed by atoms with Crippen molar-refractivity contribution in [3.8, 4) is 0 Å². The molecule has 0 saturated heterocycles. The van der Waals surface area contributed by atoms with Crippen LogP contribution >= 0.6 is 0 Å². The van der Waals surface area contributed by atoms with Crippen molar-refractivity contribution in [2.75, 3.05) is 24.6 Å². The zero-order chi connectivity index (χ0) is 12.8. The Morgan fingerprint density at radius 2 is 2.18 bits per heavy atom. The van der Waals surface area contributed by atoms with E-state index in [0.717, 1.165) is 12.2 Å². The molecule has 5 nitrogen and oxygen atoms in total. The molecule has 0 aromatic heterocycles. The molecule has 1 rings (SSSR count). The number of nitro groups is 1. The van der Waals surface area contributed by atoms with E-state index in [4.69, 9.17) is 5.11 Å². The van der Waals surface area contributed by atoms with Crippen LogP contribution in [-0.4, -0.2) is 29.7 Å². The lowest BCUT2D eigenvalue weighted by Crippen LogP contribution is -2.25. The van der Waals surface area contributed by atoms with E-state index in [-0.39, 0.29) is 17.2 Å². The van der Waals surface area contributed by atoms with Crippen LogP contribution in [-0.2, 0) is 0 Å². The van der Waals surface area contributed by atoms with Crippen molar-refractivity contribution in [2.24, 2.45) is 0 Å². The van der Waals surface area contributed by atoms with Gasteiger partial charge in [0.05, 0.1) is 10.5 Å². The van der Waals surface area contributed by atoms with Crippen molar-refractivity contribution in [1.29, 1.82) is 0 Å². The van der Waals surface area contributed by atoms with Crippen LogP contribution in [0.4, 0.5) is 11.4 Å². The number of aliphatic hydroxyl groups excluding tert-OH is 1. The van der Waals surface area contributed by atoms with Gasteiger partial charge in [-0.1, -0.05) is 6.07 Å². The molecule has 0 atom stereocenters. The average molecular weight is 238 g/mol. The smallest absolute Gasteiger partial charge is 0.274 e. The molecule has 0 amide bonds. The molecule has 0 aliphatic heterocycles. The largest absolute Gasteiger partial charge is 0.396 e. The lowest BCUT2D eigenvalue weighted by atomic mass is 10.1. The molecular weight excluding hydrogens is 220 g/mol. The van der Waals surface area contributed by atoms with Gasteiger partial charge in [-0.15, -0.1) is 0 Å². The predicted octanol–water partition coefficient (Wildman–Crippen LogP) is 2.11. The van der Waals surface area contributed by atoms with Crippen LogP contribution in [0.15, 0.2) is 18.2 Å². The van der Waals surface area contributed by atoms with E-state index < -0.39 is 0 Å². The highest BCUT2D eigenvalue weighted by Crippen LogP contribution is 2.28. The van der Waals surface area contributed by atoms with Gasteiger partial charge < -0.3 is 10.0 Å². The molecular formula is C12H18N2O3. The van der Waals surface area contributed by atoms with Crippen LogP contribution in [0.3, 0.4) is 0 Å². The third kappa shape index (κ3) is 3.17. The summed E-state index contributed by atoms with van der Waals surface area (Å²) < 4.78 is 0. The number of hydrogen-bond donors (Lipinski definition) is 1. The number of rotatable bonds is 6. The fraction of sp³-hybridized carbons (Fsp3) is 0.500. The summed E-state index contributed by atoms with van der Waals surface area (Å²) in [5, 5.41) is 19.7. The number of nitrogens with zero attached hydrogens (tertiary/aromatic N) is 2. The third-order valence-electron chi connectivity index (χ3n) is 2.78. The van der Waals surface area contributed by atoms with Gasteiger partial charge in [-0.05, 0) is 26.3 Å². The second-order valence-electron chi connectivity index (χ2n) is 3.84. The minimum Gasteiger partial charge on any atom is -0.396 e. The predicted molar refractivity (Wildman–Crippen MR) is 67.4 cm³/mol. The number of anilines is 1. The molecule has 1 aromatic rings. The van der Waals surface area contributed by atoms with E-state index >= 15 is 0 Å². The first kappa shape index (κ1) is 13.4. The summed E-state index contributed by atoms with van der Waals surface area (Å²) in [6, 6.07) is 5.09. The van der Waals surface area contributed by atoms with E-state index in [1.807, 2.05) is 17.9 Å². The number of benzene rings is 1. The highest BCUT2D eigenvalue weighted by Gasteiger charge is 2.16. The van der Waals surface area contributed by atoms with Gasteiger partial charge in [-0.25, -0.2) is 0 Å². The first-order valence-electron chi connectivity index (χ1n) is 5.71. The molecule has 0 heterocycles. The van der Waals surface area contributed by atoms with Gasteiger partial charge in [0.25, 0.3) is 5.69 Å². The lowest BCUT2D eigenvalue weighted by Gasteiger charge is -2.24. The van der Waals surface area contributed by atoms with Gasteiger partial charge in [0.1, 0.15) is 0 Å². The van der Waals surface area contributed by atoms with E-state index in [0.29, 0.717) is 18.5 Å². The molecule has 94 valence electrons. The monoisotopic (exact) mass is 238 g/mol. The second-order valence-corrected chi connectivity index (χ2v) is 3.84. The molecule has 0 unspecified atom stereocenters. The Balaban J connectivity index is 3.03. The van der Waals surface area contributed by atoms with E-state index in [2.05, 4.69) is 0 Å². The standard InChI is InChI=1S/C12H18N2O3/c1-3-13(8-5-9-15)11-6-4-7-12(10(11)2)14(16)17/h4,6-7,15H,3,5,8-9H2,1-2H3. The maximum Gasteiger partial charge on any atom is 0.274 e. The minimum atomic E-state index is -0.362. The highest BCUT2D eigenvalue weighted by molar-refractivity contribution is 5.61. The van der Waals surface area contributed by atoms with Gasteiger partial charge >= 0.3 is 0 Å². The van der Waals surface area contributed by atoms with Crippen molar-refractivity contribution in [2.45, 2.75) is 20.3 Å². The molecule has 0 saturated carbocycles. The lowest BCUT2D eigenvalue weighted by molar-refractivity contribution is -0.385. The Morgan fingerprint density at radius 3 is 2.71 bits per heavy atom. The first-order chi connectivity index (χ1) is 8.11. The van der Waals surface area contributed by atoms with Crippen LogP contribution in [0.1, 0.15) is 18.9 Å². The quantitative estimate of drug-likeness (QED) is 0.609. The number of nitro benzene ring substituents is 1. The summed E-state index contributed by atoms with van der Waals surface area (Å²) >= 11 is 0. The normalized spacial score (nSPS) is 10.3. The van der Waals surface area contributed by atoms with Gasteiger partial charge in [-0.3, -0.25) is 10.1 Å². The van der Waals surface area contributed by atoms with Gasteiger partial charge in [0.15, 0.2) is 0 Å². The third-order valence-corrected chi connectivity index (χ3v) is 2.78. The summed E-state index contributed by atoms with van der Waals surface area (Å²) in [4.78, 5) is 12.5. The second kappa shape index (κ2) is 6.20. The molecule has 1 aromatic carbocycles. The van der Waals surface area contributed by atoms with Crippen LogP contribution in [0.2, 0.25) is 0 Å². The fourth-order valence-electron chi connectivity index (χ4n) is 1.86. The van der Waals surface area contributed by atoms with E-state index in [1.54, 1.807) is 13.0 Å². The van der Waals surface area contributed by atoms with Crippen molar-refractivity contribution >= 4 is 11.4 Å². The van der Waals surface area contributed by atoms with Crippen molar-refractivity contribution < 1.29 is 10.0 Å². The van der Waals surface area contributed by atoms with Crippen LogP contribution in [0, 0.1) is 17.0 Å². The molecule has 5 heteroatoms. The summed E-state index contributed by atoms with van der Waals surface area (Å²) in [6.07, 6.45) is 0.663. The minimum absolute atomic E-state index is 0.129. The summed E-state index contributed by atoms with van der Waals surface area (Å²) in [7, 11) is 0. The molecule has 0 fully saturated rings. The Kier molecular flexibility index (Phi) is 4.90. The molecule has 0 spiro atoms. The molecule has 0 aliphatic carbocycles. The van der Waals surface area contributed by atoms with Crippen molar-refractivity contribution in [3.05, 3.63) is 33.9 Å². The number of hydrogen-bond acceptors (Lipinski definition) is 4.